The molecule has 0 saturated carbocycles. The number of nitrogens with zero attached hydrogens (tertiary/aromatic N) is 1. The number of alkyl halides is 1. The van der Waals surface area contributed by atoms with Crippen molar-refractivity contribution in [2.45, 2.75) is 19.8 Å². The van der Waals surface area contributed by atoms with Crippen LogP contribution in [0.25, 0.3) is 0 Å². The summed E-state index contributed by atoms with van der Waals surface area (Å²) in [7, 11) is 1.41. The summed E-state index contributed by atoms with van der Waals surface area (Å²) in [5.74, 6) is 0. The summed E-state index contributed by atoms with van der Waals surface area (Å²) in [5.41, 5.74) is 2.07. The third kappa shape index (κ3) is 4.38. The van der Waals surface area contributed by atoms with Crippen molar-refractivity contribution < 1.29 is 9.53 Å². The average molecular weight is 300 g/mol. The molecule has 0 atom stereocenters. The molecule has 4 heteroatoms. The Balaban J connectivity index is 2.74. The summed E-state index contributed by atoms with van der Waals surface area (Å²) in [6, 6.07) is 7.88. The second-order valence-electron chi connectivity index (χ2n) is 3.85. The predicted octanol–water partition coefficient (Wildman–Crippen LogP) is 3.74. The van der Waals surface area contributed by atoms with E-state index in [4.69, 9.17) is 4.74 Å². The number of anilines is 1. The van der Waals surface area contributed by atoms with Crippen molar-refractivity contribution in [1.29, 1.82) is 0 Å². The van der Waals surface area contributed by atoms with E-state index < -0.39 is 0 Å². The first kappa shape index (κ1) is 14.0. The van der Waals surface area contributed by atoms with Gasteiger partial charge in [-0.2, -0.15) is 0 Å². The van der Waals surface area contributed by atoms with Crippen LogP contribution in [0.5, 0.6) is 0 Å². The molecular formula is C13H18BrNO2. The number of halogens is 1. The van der Waals surface area contributed by atoms with Crippen LogP contribution in [0.2, 0.25) is 0 Å². The van der Waals surface area contributed by atoms with Gasteiger partial charge in [-0.1, -0.05) is 33.6 Å². The molecular weight excluding hydrogens is 282 g/mol. The minimum absolute atomic E-state index is 0.302. The molecule has 0 spiro atoms. The molecule has 1 aromatic rings. The number of methoxy groups -OCH3 is 1. The number of amides is 1. The van der Waals surface area contributed by atoms with Gasteiger partial charge in [-0.15, -0.1) is 0 Å². The van der Waals surface area contributed by atoms with E-state index >= 15 is 0 Å². The average Bonchev–Trinajstić information content (AvgIpc) is 2.35. The molecule has 0 radical (unpaired) electrons. The largest absolute Gasteiger partial charge is 0.452 e. The highest BCUT2D eigenvalue weighted by Crippen LogP contribution is 2.17. The summed E-state index contributed by atoms with van der Waals surface area (Å²) in [5, 5.41) is 0.954. The van der Waals surface area contributed by atoms with Crippen LogP contribution in [0.3, 0.4) is 0 Å². The summed E-state index contributed by atoms with van der Waals surface area (Å²) in [6.45, 7) is 2.71. The molecule has 1 amide bonds. The maximum atomic E-state index is 11.7. The van der Waals surface area contributed by atoms with Crippen molar-refractivity contribution in [1.82, 2.24) is 0 Å². The van der Waals surface area contributed by atoms with Gasteiger partial charge >= 0.3 is 6.09 Å². The number of aryl methyl sites for hydroxylation is 1. The van der Waals surface area contributed by atoms with Crippen LogP contribution in [0.1, 0.15) is 18.4 Å². The molecule has 0 aliphatic carbocycles. The highest BCUT2D eigenvalue weighted by molar-refractivity contribution is 9.09. The maximum absolute atomic E-state index is 11.7. The molecule has 94 valence electrons. The second kappa shape index (κ2) is 7.33. The minimum atomic E-state index is -0.302. The van der Waals surface area contributed by atoms with Gasteiger partial charge in [0, 0.05) is 17.6 Å². The number of hydrogen-bond acceptors (Lipinski definition) is 2. The van der Waals surface area contributed by atoms with Crippen LogP contribution < -0.4 is 4.90 Å². The molecule has 1 rings (SSSR count). The Kier molecular flexibility index (Phi) is 6.05. The van der Waals surface area contributed by atoms with Crippen molar-refractivity contribution in [3.05, 3.63) is 29.8 Å². The molecule has 0 aromatic heterocycles. The van der Waals surface area contributed by atoms with E-state index in [2.05, 4.69) is 15.9 Å². The number of carbonyl (C=O) groups excluding carboxylic acids is 1. The molecule has 3 nitrogen and oxygen atoms in total. The first-order valence-corrected chi connectivity index (χ1v) is 6.79. The molecule has 0 saturated heterocycles. The smallest absolute Gasteiger partial charge is 0.413 e. The summed E-state index contributed by atoms with van der Waals surface area (Å²) < 4.78 is 4.80. The van der Waals surface area contributed by atoms with Crippen molar-refractivity contribution in [3.63, 3.8) is 0 Å². The Morgan fingerprint density at radius 1 is 1.29 bits per heavy atom. The van der Waals surface area contributed by atoms with Crippen molar-refractivity contribution >= 4 is 27.7 Å². The van der Waals surface area contributed by atoms with Gasteiger partial charge in [-0.3, -0.25) is 4.90 Å². The van der Waals surface area contributed by atoms with Crippen molar-refractivity contribution in [2.24, 2.45) is 0 Å². The van der Waals surface area contributed by atoms with E-state index in [9.17, 15) is 4.79 Å². The van der Waals surface area contributed by atoms with E-state index in [1.165, 1.54) is 12.7 Å². The molecule has 0 heterocycles. The predicted molar refractivity (Wildman–Crippen MR) is 74.0 cm³/mol. The number of hydrogen-bond donors (Lipinski definition) is 0. The third-order valence-electron chi connectivity index (χ3n) is 2.51. The number of unbranched alkanes of at least 4 members (excludes halogenated alkanes) is 1. The van der Waals surface area contributed by atoms with Crippen LogP contribution in [0.4, 0.5) is 10.5 Å². The van der Waals surface area contributed by atoms with E-state index in [0.717, 1.165) is 23.9 Å². The lowest BCUT2D eigenvalue weighted by Crippen LogP contribution is -2.31. The van der Waals surface area contributed by atoms with Crippen LogP contribution in [0.15, 0.2) is 24.3 Å². The van der Waals surface area contributed by atoms with Gasteiger partial charge in [0.05, 0.1) is 7.11 Å². The lowest BCUT2D eigenvalue weighted by atomic mass is 10.2. The number of benzene rings is 1. The van der Waals surface area contributed by atoms with Gasteiger partial charge in [-0.25, -0.2) is 4.79 Å². The first-order valence-electron chi connectivity index (χ1n) is 5.67. The number of rotatable bonds is 5. The zero-order valence-electron chi connectivity index (χ0n) is 10.3. The molecule has 0 aliphatic rings. The van der Waals surface area contributed by atoms with Crippen LogP contribution >= 0.6 is 15.9 Å². The Bertz CT molecular complexity index is 351. The number of ether oxygens (including phenoxy) is 1. The normalized spacial score (nSPS) is 10.1. The fourth-order valence-corrected chi connectivity index (χ4v) is 1.92. The maximum Gasteiger partial charge on any atom is 0.413 e. The van der Waals surface area contributed by atoms with E-state index in [0.29, 0.717) is 6.54 Å². The van der Waals surface area contributed by atoms with Crippen molar-refractivity contribution in [3.8, 4) is 0 Å². The second-order valence-corrected chi connectivity index (χ2v) is 4.65. The SMILES string of the molecule is COC(=O)N(CCCCBr)c1ccc(C)cc1. The Labute approximate surface area is 111 Å². The zero-order valence-corrected chi connectivity index (χ0v) is 11.9. The fourth-order valence-electron chi connectivity index (χ4n) is 1.53. The number of carbonyl (C=O) groups is 1. The quantitative estimate of drug-likeness (QED) is 0.612. The molecule has 0 aliphatic heterocycles. The first-order chi connectivity index (χ1) is 8.19. The van der Waals surface area contributed by atoms with E-state index in [1.54, 1.807) is 4.90 Å². The summed E-state index contributed by atoms with van der Waals surface area (Å²) >= 11 is 3.38. The summed E-state index contributed by atoms with van der Waals surface area (Å²) in [6.07, 6.45) is 1.69. The lowest BCUT2D eigenvalue weighted by Gasteiger charge is -2.21. The third-order valence-corrected chi connectivity index (χ3v) is 3.07. The Morgan fingerprint density at radius 2 is 1.94 bits per heavy atom. The van der Waals surface area contributed by atoms with E-state index in [1.807, 2.05) is 31.2 Å². The Hall–Kier alpha value is -1.03. The van der Waals surface area contributed by atoms with Crippen LogP contribution in [0, 0.1) is 6.92 Å². The molecule has 0 bridgehead atoms. The van der Waals surface area contributed by atoms with E-state index in [-0.39, 0.29) is 6.09 Å². The lowest BCUT2D eigenvalue weighted by molar-refractivity contribution is 0.178. The molecule has 0 unspecified atom stereocenters. The molecule has 0 fully saturated rings. The summed E-state index contributed by atoms with van der Waals surface area (Å²) in [4.78, 5) is 13.4. The topological polar surface area (TPSA) is 29.5 Å². The van der Waals surface area contributed by atoms with Gasteiger partial charge < -0.3 is 4.74 Å². The molecule has 0 N–H and O–H groups in total. The highest BCUT2D eigenvalue weighted by atomic mass is 79.9. The van der Waals surface area contributed by atoms with Gasteiger partial charge in [-0.05, 0) is 31.9 Å². The molecule has 1 aromatic carbocycles. The molecule has 17 heavy (non-hydrogen) atoms. The minimum Gasteiger partial charge on any atom is -0.452 e. The fraction of sp³-hybridized carbons (Fsp3) is 0.462. The van der Waals surface area contributed by atoms with Crippen molar-refractivity contribution in [2.75, 3.05) is 23.9 Å². The van der Waals surface area contributed by atoms with Crippen LogP contribution in [-0.2, 0) is 4.74 Å². The van der Waals surface area contributed by atoms with Gasteiger partial charge in [0.2, 0.25) is 0 Å². The zero-order chi connectivity index (χ0) is 12.7. The monoisotopic (exact) mass is 299 g/mol. The van der Waals surface area contributed by atoms with Gasteiger partial charge in [0.15, 0.2) is 0 Å². The highest BCUT2D eigenvalue weighted by Gasteiger charge is 2.15. The van der Waals surface area contributed by atoms with Gasteiger partial charge in [0.25, 0.3) is 0 Å². The van der Waals surface area contributed by atoms with Crippen LogP contribution in [-0.4, -0.2) is 25.1 Å². The Morgan fingerprint density at radius 3 is 2.47 bits per heavy atom. The standard InChI is InChI=1S/C13H18BrNO2/c1-11-5-7-12(8-6-11)15(13(16)17-2)10-4-3-9-14/h5-8H,3-4,9-10H2,1-2H3. The van der Waals surface area contributed by atoms with Gasteiger partial charge in [0.1, 0.15) is 0 Å².